The zero-order valence-corrected chi connectivity index (χ0v) is 37.6. The number of fused-ring (bicyclic) bond motifs is 9. The number of furan rings is 1. The van der Waals surface area contributed by atoms with Crippen LogP contribution in [0.2, 0.25) is 0 Å². The minimum Gasteiger partial charge on any atom is -0.456 e. The molecule has 0 aliphatic rings. The van der Waals surface area contributed by atoms with E-state index in [0.29, 0.717) is 0 Å². The van der Waals surface area contributed by atoms with Crippen LogP contribution >= 0.6 is 0 Å². The Morgan fingerprint density at radius 3 is 1.33 bits per heavy atom. The summed E-state index contributed by atoms with van der Waals surface area (Å²) in [6, 6.07) is 92.4. The number of rotatable bonds is 7. The quantitative estimate of drug-likeness (QED) is 0.156. The number of para-hydroxylation sites is 2. The van der Waals surface area contributed by atoms with Gasteiger partial charge in [0.1, 0.15) is 11.2 Å². The first kappa shape index (κ1) is 39.0. The molecule has 3 heteroatoms. The van der Waals surface area contributed by atoms with Gasteiger partial charge >= 0.3 is 0 Å². The lowest BCUT2D eigenvalue weighted by Crippen LogP contribution is -1.96. The van der Waals surface area contributed by atoms with Crippen LogP contribution in [0.15, 0.2) is 259 Å². The van der Waals surface area contributed by atoms with Gasteiger partial charge in [0, 0.05) is 43.6 Å². The van der Waals surface area contributed by atoms with E-state index in [0.717, 1.165) is 49.8 Å². The van der Waals surface area contributed by atoms with Crippen LogP contribution < -0.4 is 0 Å². The molecule has 322 valence electrons. The maximum Gasteiger partial charge on any atom is 0.135 e. The minimum atomic E-state index is 0.869. The van der Waals surface area contributed by atoms with Gasteiger partial charge in [0.25, 0.3) is 0 Å². The molecule has 14 rings (SSSR count). The Kier molecular flexibility index (Phi) is 8.90. The third kappa shape index (κ3) is 6.36. The molecule has 0 atom stereocenters. The molecule has 0 N–H and O–H groups in total. The zero-order chi connectivity index (χ0) is 45.4. The maximum absolute atomic E-state index is 6.58. The van der Waals surface area contributed by atoms with Crippen molar-refractivity contribution in [3.63, 3.8) is 0 Å². The zero-order valence-electron chi connectivity index (χ0n) is 37.6. The van der Waals surface area contributed by atoms with Crippen molar-refractivity contribution >= 4 is 65.6 Å². The highest BCUT2D eigenvalue weighted by Crippen LogP contribution is 2.43. The molecular weight excluding hydrogens is 837 g/mol. The van der Waals surface area contributed by atoms with Crippen LogP contribution in [-0.2, 0) is 0 Å². The lowest BCUT2D eigenvalue weighted by Gasteiger charge is -2.14. The van der Waals surface area contributed by atoms with E-state index in [-0.39, 0.29) is 0 Å². The average molecular weight is 879 g/mol. The largest absolute Gasteiger partial charge is 0.456 e. The van der Waals surface area contributed by atoms with E-state index in [1.54, 1.807) is 0 Å². The van der Waals surface area contributed by atoms with E-state index in [1.807, 2.05) is 0 Å². The van der Waals surface area contributed by atoms with Crippen molar-refractivity contribution in [2.24, 2.45) is 0 Å². The molecule has 0 fully saturated rings. The number of benzene rings is 11. The maximum atomic E-state index is 6.58. The van der Waals surface area contributed by atoms with Gasteiger partial charge in [0.2, 0.25) is 0 Å². The van der Waals surface area contributed by atoms with Gasteiger partial charge in [0.15, 0.2) is 0 Å². The van der Waals surface area contributed by atoms with Gasteiger partial charge < -0.3 is 13.6 Å². The van der Waals surface area contributed by atoms with E-state index >= 15 is 0 Å². The van der Waals surface area contributed by atoms with Gasteiger partial charge in [-0.1, -0.05) is 176 Å². The van der Waals surface area contributed by atoms with Crippen molar-refractivity contribution in [1.29, 1.82) is 0 Å². The smallest absolute Gasteiger partial charge is 0.135 e. The Labute approximate surface area is 399 Å². The second-order valence-electron chi connectivity index (χ2n) is 18.0. The monoisotopic (exact) mass is 878 g/mol. The Morgan fingerprint density at radius 1 is 0.232 bits per heavy atom. The topological polar surface area (TPSA) is 23.0 Å². The lowest BCUT2D eigenvalue weighted by molar-refractivity contribution is 0.669. The molecule has 3 nitrogen and oxygen atoms in total. The molecule has 11 aromatic carbocycles. The first-order valence-electron chi connectivity index (χ1n) is 23.7. The highest BCUT2D eigenvalue weighted by atomic mass is 16.3. The molecular formula is C66H42N2O. The molecule has 3 aromatic heterocycles. The standard InChI is InChI=1S/C66H42N2O/c1-4-16-43(17-5-1)46-28-33-62-56(38-46)57-41-49(52-23-11-10-22-51(52)44-18-6-2-7-19-44)30-35-63(57)67(62)50-32-37-66-59(42-50)58-40-48(31-36-65(58)69-66)47-29-34-64-55(39-47)54-25-13-15-27-61(54)68(64)60-26-14-12-24-53(60)45-20-8-3-9-21-45/h1-42H. The van der Waals surface area contributed by atoms with E-state index in [2.05, 4.69) is 264 Å². The van der Waals surface area contributed by atoms with E-state index in [9.17, 15) is 0 Å². The van der Waals surface area contributed by atoms with Crippen molar-refractivity contribution < 1.29 is 4.42 Å². The van der Waals surface area contributed by atoms with Crippen molar-refractivity contribution in [3.8, 4) is 67.0 Å². The minimum absolute atomic E-state index is 0.869. The summed E-state index contributed by atoms with van der Waals surface area (Å²) in [5.74, 6) is 0. The predicted molar refractivity (Wildman–Crippen MR) is 290 cm³/mol. The summed E-state index contributed by atoms with van der Waals surface area (Å²) in [5, 5.41) is 7.05. The van der Waals surface area contributed by atoms with Gasteiger partial charge in [-0.3, -0.25) is 0 Å². The van der Waals surface area contributed by atoms with Crippen LogP contribution in [0.25, 0.3) is 133 Å². The van der Waals surface area contributed by atoms with Gasteiger partial charge in [0.05, 0.1) is 27.8 Å². The number of hydrogen-bond acceptors (Lipinski definition) is 1. The number of aromatic nitrogens is 2. The molecule has 3 heterocycles. The average Bonchev–Trinajstić information content (AvgIpc) is 4.08. The van der Waals surface area contributed by atoms with Gasteiger partial charge in [-0.2, -0.15) is 0 Å². The van der Waals surface area contributed by atoms with Crippen LogP contribution in [0.3, 0.4) is 0 Å². The van der Waals surface area contributed by atoms with Gasteiger partial charge in [-0.25, -0.2) is 0 Å². The normalized spacial score (nSPS) is 11.8. The number of nitrogens with zero attached hydrogens (tertiary/aromatic N) is 2. The molecule has 0 bridgehead atoms. The van der Waals surface area contributed by atoms with Crippen LogP contribution in [0.4, 0.5) is 0 Å². The van der Waals surface area contributed by atoms with E-state index < -0.39 is 0 Å². The summed E-state index contributed by atoms with van der Waals surface area (Å²) in [6.45, 7) is 0. The Hall–Kier alpha value is -9.18. The molecule has 0 radical (unpaired) electrons. The van der Waals surface area contributed by atoms with Crippen LogP contribution in [0, 0.1) is 0 Å². The first-order chi connectivity index (χ1) is 34.2. The van der Waals surface area contributed by atoms with Crippen LogP contribution in [-0.4, -0.2) is 9.13 Å². The SMILES string of the molecule is c1ccc(-c2ccc3c(c2)c2cc(-c4ccccc4-c4ccccc4)ccc2n3-c2ccc3oc4ccc(-c5ccc6c(c5)c5ccccc5n6-c5ccccc5-c5ccccc5)cc4c3c2)cc1. The first-order valence-corrected chi connectivity index (χ1v) is 23.7. The molecule has 0 saturated heterocycles. The Bertz CT molecular complexity index is 4290. The molecule has 0 aliphatic carbocycles. The van der Waals surface area contributed by atoms with Gasteiger partial charge in [-0.15, -0.1) is 0 Å². The molecule has 0 spiro atoms. The fourth-order valence-corrected chi connectivity index (χ4v) is 10.9. The molecule has 14 aromatic rings. The third-order valence-electron chi connectivity index (χ3n) is 14.1. The van der Waals surface area contributed by atoms with E-state index in [1.165, 1.54) is 82.8 Å². The predicted octanol–water partition coefficient (Wildman–Crippen LogP) is 18.1. The fourth-order valence-electron chi connectivity index (χ4n) is 10.9. The van der Waals surface area contributed by atoms with Crippen molar-refractivity contribution in [2.45, 2.75) is 0 Å². The molecule has 0 unspecified atom stereocenters. The lowest BCUT2D eigenvalue weighted by atomic mass is 9.93. The highest BCUT2D eigenvalue weighted by Gasteiger charge is 2.20. The second-order valence-corrected chi connectivity index (χ2v) is 18.0. The summed E-state index contributed by atoms with van der Waals surface area (Å²) in [4.78, 5) is 0. The highest BCUT2D eigenvalue weighted by molar-refractivity contribution is 6.14. The van der Waals surface area contributed by atoms with Crippen molar-refractivity contribution in [1.82, 2.24) is 9.13 Å². The second kappa shape index (κ2) is 15.7. The molecule has 0 saturated carbocycles. The summed E-state index contributed by atoms with van der Waals surface area (Å²) < 4.78 is 11.4. The summed E-state index contributed by atoms with van der Waals surface area (Å²) >= 11 is 0. The summed E-state index contributed by atoms with van der Waals surface area (Å²) in [5.41, 5.74) is 20.6. The third-order valence-corrected chi connectivity index (χ3v) is 14.1. The summed E-state index contributed by atoms with van der Waals surface area (Å²) in [6.07, 6.45) is 0. The molecule has 0 aliphatic heterocycles. The van der Waals surface area contributed by atoms with Crippen molar-refractivity contribution in [2.75, 3.05) is 0 Å². The van der Waals surface area contributed by atoms with Crippen LogP contribution in [0.5, 0.6) is 0 Å². The fraction of sp³-hybridized carbons (Fsp3) is 0. The Balaban J connectivity index is 0.917. The molecule has 69 heavy (non-hydrogen) atoms. The van der Waals surface area contributed by atoms with Crippen LogP contribution in [0.1, 0.15) is 0 Å². The van der Waals surface area contributed by atoms with Crippen molar-refractivity contribution in [3.05, 3.63) is 255 Å². The number of hydrogen-bond donors (Lipinski definition) is 0. The van der Waals surface area contributed by atoms with Gasteiger partial charge in [-0.05, 0) is 129 Å². The Morgan fingerprint density at radius 2 is 0.652 bits per heavy atom. The molecule has 0 amide bonds. The summed E-state index contributed by atoms with van der Waals surface area (Å²) in [7, 11) is 0. The van der Waals surface area contributed by atoms with E-state index in [4.69, 9.17) is 4.42 Å².